The van der Waals surface area contributed by atoms with Crippen LogP contribution in [-0.4, -0.2) is 28.7 Å². The Hall–Kier alpha value is -3.68. The number of nitrogens with one attached hydrogen (secondary N) is 2. The van der Waals surface area contributed by atoms with Gasteiger partial charge < -0.3 is 15.4 Å². The van der Waals surface area contributed by atoms with Gasteiger partial charge in [-0.25, -0.2) is 9.07 Å². The molecule has 0 bridgehead atoms. The van der Waals surface area contributed by atoms with Crippen LogP contribution in [0.3, 0.4) is 0 Å². The molecule has 2 amide bonds. The Kier molecular flexibility index (Phi) is 4.75. The number of amides is 2. The molecule has 8 heteroatoms. The highest BCUT2D eigenvalue weighted by Crippen LogP contribution is 2.38. The topological polar surface area (TPSA) is 85.2 Å². The molecule has 0 aliphatic carbocycles. The number of ether oxygens (including phenoxy) is 1. The van der Waals surface area contributed by atoms with E-state index in [0.717, 1.165) is 11.1 Å². The monoisotopic (exact) mass is 394 g/mol. The molecule has 3 aromatic rings. The summed E-state index contributed by atoms with van der Waals surface area (Å²) in [4.78, 5) is 25.0. The number of hydrogen-bond donors (Lipinski definition) is 2. The first kappa shape index (κ1) is 18.7. The lowest BCUT2D eigenvalue weighted by Gasteiger charge is -2.10. The molecule has 1 unspecified atom stereocenters. The standard InChI is InChI=1S/C21H19FN4O3/c1-12-19(13-3-5-14(22)6-4-13)20-24-21(28)17(26(20)25-12)11-18(27)23-15-7-9-16(29-2)10-8-15/h3-10,17H,11H2,1-2H3,(H,23,27)(H,24,28). The van der Waals surface area contributed by atoms with Gasteiger partial charge in [-0.05, 0) is 48.9 Å². The lowest BCUT2D eigenvalue weighted by molar-refractivity contribution is -0.123. The van der Waals surface area contributed by atoms with Crippen LogP contribution in [0.5, 0.6) is 5.75 Å². The first-order valence-corrected chi connectivity index (χ1v) is 9.06. The predicted molar refractivity (Wildman–Crippen MR) is 106 cm³/mol. The molecule has 7 nitrogen and oxygen atoms in total. The summed E-state index contributed by atoms with van der Waals surface area (Å²) in [6.45, 7) is 1.81. The third-order valence-electron chi connectivity index (χ3n) is 4.81. The third kappa shape index (κ3) is 3.56. The first-order chi connectivity index (χ1) is 14.0. The van der Waals surface area contributed by atoms with Gasteiger partial charge in [-0.3, -0.25) is 9.59 Å². The lowest BCUT2D eigenvalue weighted by atomic mass is 10.1. The minimum atomic E-state index is -0.754. The van der Waals surface area contributed by atoms with Crippen molar-refractivity contribution in [2.45, 2.75) is 19.4 Å². The number of fused-ring (bicyclic) bond motifs is 1. The number of aryl methyl sites for hydroxylation is 1. The highest BCUT2D eigenvalue weighted by molar-refractivity contribution is 6.04. The molecule has 0 fully saturated rings. The zero-order chi connectivity index (χ0) is 20.5. The van der Waals surface area contributed by atoms with E-state index in [2.05, 4.69) is 15.7 Å². The molecule has 29 heavy (non-hydrogen) atoms. The van der Waals surface area contributed by atoms with Crippen LogP contribution >= 0.6 is 0 Å². The highest BCUT2D eigenvalue weighted by atomic mass is 19.1. The Morgan fingerprint density at radius 1 is 1.21 bits per heavy atom. The normalized spacial score (nSPS) is 15.0. The summed E-state index contributed by atoms with van der Waals surface area (Å²) in [5.41, 5.74) is 2.76. The fourth-order valence-electron chi connectivity index (χ4n) is 3.41. The van der Waals surface area contributed by atoms with Crippen molar-refractivity contribution in [3.05, 3.63) is 60.0 Å². The van der Waals surface area contributed by atoms with E-state index in [1.54, 1.807) is 43.5 Å². The molecular weight excluding hydrogens is 375 g/mol. The molecule has 0 saturated heterocycles. The molecule has 2 N–H and O–H groups in total. The average Bonchev–Trinajstić information content (AvgIpc) is 3.17. The van der Waals surface area contributed by atoms with Gasteiger partial charge in [0, 0.05) is 11.3 Å². The summed E-state index contributed by atoms with van der Waals surface area (Å²) >= 11 is 0. The second-order valence-corrected chi connectivity index (χ2v) is 6.75. The van der Waals surface area contributed by atoms with Gasteiger partial charge in [-0.15, -0.1) is 0 Å². The zero-order valence-corrected chi connectivity index (χ0v) is 15.9. The number of carbonyl (C=O) groups excluding carboxylic acids is 2. The van der Waals surface area contributed by atoms with Gasteiger partial charge in [-0.2, -0.15) is 5.10 Å². The Morgan fingerprint density at radius 3 is 2.55 bits per heavy atom. The Labute approximate surface area is 166 Å². The summed E-state index contributed by atoms with van der Waals surface area (Å²) in [6, 6.07) is 12.2. The van der Waals surface area contributed by atoms with E-state index in [1.807, 2.05) is 6.92 Å². The van der Waals surface area contributed by atoms with Crippen molar-refractivity contribution >= 4 is 23.3 Å². The Morgan fingerprint density at radius 2 is 1.90 bits per heavy atom. The number of rotatable bonds is 5. The largest absolute Gasteiger partial charge is 0.497 e. The van der Waals surface area contributed by atoms with Gasteiger partial charge in [0.25, 0.3) is 5.91 Å². The SMILES string of the molecule is COc1ccc(NC(=O)CC2C(=O)Nc3c(-c4ccc(F)cc4)c(C)nn32)cc1. The molecule has 2 aromatic carbocycles. The molecular formula is C21H19FN4O3. The van der Waals surface area contributed by atoms with Crippen molar-refractivity contribution in [1.29, 1.82) is 0 Å². The van der Waals surface area contributed by atoms with Crippen LogP contribution in [0, 0.1) is 12.7 Å². The molecule has 4 rings (SSSR count). The molecule has 1 aliphatic rings. The van der Waals surface area contributed by atoms with E-state index in [0.29, 0.717) is 22.9 Å². The maximum atomic E-state index is 13.2. The minimum absolute atomic E-state index is 0.0607. The number of nitrogens with zero attached hydrogens (tertiary/aromatic N) is 2. The van der Waals surface area contributed by atoms with Crippen molar-refractivity contribution in [3.63, 3.8) is 0 Å². The second kappa shape index (κ2) is 7.38. The number of anilines is 2. The summed E-state index contributed by atoms with van der Waals surface area (Å²) in [6.07, 6.45) is -0.0607. The summed E-state index contributed by atoms with van der Waals surface area (Å²) in [5.74, 6) is 0.247. The fourth-order valence-corrected chi connectivity index (χ4v) is 3.41. The van der Waals surface area contributed by atoms with Crippen molar-refractivity contribution in [3.8, 4) is 16.9 Å². The van der Waals surface area contributed by atoms with Crippen LogP contribution in [0.25, 0.3) is 11.1 Å². The summed E-state index contributed by atoms with van der Waals surface area (Å²) in [5, 5.41) is 10.0. The average molecular weight is 394 g/mol. The van der Waals surface area contributed by atoms with Crippen molar-refractivity contribution in [2.75, 3.05) is 17.7 Å². The van der Waals surface area contributed by atoms with Crippen molar-refractivity contribution in [1.82, 2.24) is 9.78 Å². The van der Waals surface area contributed by atoms with Crippen LogP contribution in [0.1, 0.15) is 18.2 Å². The van der Waals surface area contributed by atoms with Crippen LogP contribution in [0.4, 0.5) is 15.9 Å². The van der Waals surface area contributed by atoms with Crippen LogP contribution in [-0.2, 0) is 9.59 Å². The zero-order valence-electron chi connectivity index (χ0n) is 15.9. The Balaban J connectivity index is 1.54. The number of aromatic nitrogens is 2. The summed E-state index contributed by atoms with van der Waals surface area (Å²) < 4.78 is 19.9. The molecule has 0 saturated carbocycles. The molecule has 1 aromatic heterocycles. The van der Waals surface area contributed by atoms with Gasteiger partial charge in [0.2, 0.25) is 5.91 Å². The van der Waals surface area contributed by atoms with E-state index in [9.17, 15) is 14.0 Å². The molecule has 148 valence electrons. The van der Waals surface area contributed by atoms with Crippen LogP contribution in [0.15, 0.2) is 48.5 Å². The van der Waals surface area contributed by atoms with Gasteiger partial charge >= 0.3 is 0 Å². The van der Waals surface area contributed by atoms with E-state index >= 15 is 0 Å². The molecule has 1 aliphatic heterocycles. The molecule has 1 atom stereocenters. The molecule has 2 heterocycles. The maximum Gasteiger partial charge on any atom is 0.251 e. The minimum Gasteiger partial charge on any atom is -0.497 e. The van der Waals surface area contributed by atoms with Gasteiger partial charge in [0.05, 0.1) is 19.2 Å². The van der Waals surface area contributed by atoms with E-state index < -0.39 is 6.04 Å². The number of benzene rings is 2. The molecule has 0 spiro atoms. The fraction of sp³-hybridized carbons (Fsp3) is 0.190. The van der Waals surface area contributed by atoms with Gasteiger partial charge in [0.15, 0.2) is 0 Å². The maximum absolute atomic E-state index is 13.2. The van der Waals surface area contributed by atoms with Crippen LogP contribution in [0.2, 0.25) is 0 Å². The van der Waals surface area contributed by atoms with Crippen molar-refractivity contribution < 1.29 is 18.7 Å². The van der Waals surface area contributed by atoms with Crippen molar-refractivity contribution in [2.24, 2.45) is 0 Å². The number of halogens is 1. The quantitative estimate of drug-likeness (QED) is 0.693. The highest BCUT2D eigenvalue weighted by Gasteiger charge is 2.36. The van der Waals surface area contributed by atoms with Gasteiger partial charge in [0.1, 0.15) is 23.4 Å². The second-order valence-electron chi connectivity index (χ2n) is 6.75. The Bertz CT molecular complexity index is 1070. The lowest BCUT2D eigenvalue weighted by Crippen LogP contribution is -2.23. The smallest absolute Gasteiger partial charge is 0.251 e. The molecule has 0 radical (unpaired) electrons. The van der Waals surface area contributed by atoms with Crippen LogP contribution < -0.4 is 15.4 Å². The number of hydrogen-bond acceptors (Lipinski definition) is 4. The first-order valence-electron chi connectivity index (χ1n) is 9.06. The van der Waals surface area contributed by atoms with Gasteiger partial charge in [-0.1, -0.05) is 12.1 Å². The van der Waals surface area contributed by atoms with E-state index in [1.165, 1.54) is 16.8 Å². The number of carbonyl (C=O) groups is 2. The summed E-state index contributed by atoms with van der Waals surface area (Å²) in [7, 11) is 1.57. The predicted octanol–water partition coefficient (Wildman–Crippen LogP) is 3.53. The van der Waals surface area contributed by atoms with E-state index in [4.69, 9.17) is 4.74 Å². The third-order valence-corrected chi connectivity index (χ3v) is 4.81. The number of methoxy groups -OCH3 is 1. The van der Waals surface area contributed by atoms with E-state index in [-0.39, 0.29) is 24.1 Å².